The summed E-state index contributed by atoms with van der Waals surface area (Å²) in [6.45, 7) is -0.0666. The molecule has 148 valence electrons. The van der Waals surface area contributed by atoms with Gasteiger partial charge in [-0.3, -0.25) is 9.69 Å². The number of nitrogens with one attached hydrogen (secondary N) is 1. The molecule has 1 saturated heterocycles. The van der Waals surface area contributed by atoms with Crippen LogP contribution in [-0.2, 0) is 23.3 Å². The second kappa shape index (κ2) is 6.70. The number of carbonyl (C=O) groups is 2. The van der Waals surface area contributed by atoms with Gasteiger partial charge in [-0.1, -0.05) is 17.3 Å². The highest BCUT2D eigenvalue weighted by Crippen LogP contribution is 2.42. The summed E-state index contributed by atoms with van der Waals surface area (Å²) in [7, 11) is 1.58. The zero-order valence-electron chi connectivity index (χ0n) is 15.7. The maximum atomic E-state index is 13.3. The smallest absolute Gasteiger partial charge is 0.325 e. The van der Waals surface area contributed by atoms with Crippen molar-refractivity contribution in [3.05, 3.63) is 52.0 Å². The Bertz CT molecular complexity index is 1110. The molecule has 3 aromatic rings. The number of urea groups is 1. The third kappa shape index (κ3) is 2.80. The molecule has 5 rings (SSSR count). The van der Waals surface area contributed by atoms with Gasteiger partial charge in [-0.2, -0.15) is 4.98 Å². The Morgan fingerprint density at radius 2 is 2.24 bits per heavy atom. The zero-order chi connectivity index (χ0) is 20.0. The number of amides is 3. The molecule has 0 radical (unpaired) electrons. The molecule has 2 aromatic heterocycles. The van der Waals surface area contributed by atoms with Gasteiger partial charge in [0.25, 0.3) is 5.91 Å². The van der Waals surface area contributed by atoms with E-state index >= 15 is 0 Å². The molecule has 1 spiro atoms. The van der Waals surface area contributed by atoms with Crippen molar-refractivity contribution in [1.82, 2.24) is 20.4 Å². The Morgan fingerprint density at radius 1 is 1.34 bits per heavy atom. The lowest BCUT2D eigenvalue weighted by molar-refractivity contribution is -0.132. The molecule has 9 heteroatoms. The molecule has 1 aliphatic carbocycles. The monoisotopic (exact) mass is 410 g/mol. The van der Waals surface area contributed by atoms with E-state index in [1.54, 1.807) is 24.5 Å². The molecule has 2 aliphatic rings. The number of aryl methyl sites for hydroxylation is 1. The van der Waals surface area contributed by atoms with Crippen molar-refractivity contribution < 1.29 is 18.8 Å². The van der Waals surface area contributed by atoms with Crippen molar-refractivity contribution in [1.29, 1.82) is 0 Å². The fourth-order valence-corrected chi connectivity index (χ4v) is 5.02. The molecule has 1 atom stereocenters. The Balaban J connectivity index is 1.40. The fourth-order valence-electron chi connectivity index (χ4n) is 4.02. The summed E-state index contributed by atoms with van der Waals surface area (Å²) >= 11 is 1.63. The van der Waals surface area contributed by atoms with Crippen LogP contribution >= 0.6 is 11.3 Å². The fraction of sp³-hybridized carbons (Fsp3) is 0.300. The van der Waals surface area contributed by atoms with E-state index in [0.717, 1.165) is 33.7 Å². The average Bonchev–Trinajstić information content (AvgIpc) is 3.45. The second-order valence-electron chi connectivity index (χ2n) is 7.08. The van der Waals surface area contributed by atoms with Gasteiger partial charge in [0, 0.05) is 16.0 Å². The van der Waals surface area contributed by atoms with Gasteiger partial charge >= 0.3 is 6.03 Å². The lowest BCUT2D eigenvalue weighted by Gasteiger charge is -2.31. The van der Waals surface area contributed by atoms with Crippen LogP contribution in [0.4, 0.5) is 4.79 Å². The molecule has 3 amide bonds. The molecule has 8 nitrogen and oxygen atoms in total. The minimum atomic E-state index is -0.972. The van der Waals surface area contributed by atoms with Crippen molar-refractivity contribution in [3.63, 3.8) is 0 Å². The number of imide groups is 1. The van der Waals surface area contributed by atoms with Crippen molar-refractivity contribution >= 4 is 23.3 Å². The highest BCUT2D eigenvalue weighted by Gasteiger charge is 2.54. The zero-order valence-corrected chi connectivity index (χ0v) is 16.5. The van der Waals surface area contributed by atoms with Crippen LogP contribution in [0.5, 0.6) is 5.75 Å². The van der Waals surface area contributed by atoms with Gasteiger partial charge in [-0.05, 0) is 42.8 Å². The lowest BCUT2D eigenvalue weighted by atomic mass is 9.80. The molecule has 0 unspecified atom stereocenters. The maximum Gasteiger partial charge on any atom is 0.325 e. The number of benzene rings is 1. The summed E-state index contributed by atoms with van der Waals surface area (Å²) in [6.07, 6.45) is 2.38. The quantitative estimate of drug-likeness (QED) is 0.664. The molecule has 1 aliphatic heterocycles. The number of rotatable bonds is 4. The van der Waals surface area contributed by atoms with Gasteiger partial charge in [0.05, 0.1) is 7.11 Å². The van der Waals surface area contributed by atoms with Crippen LogP contribution in [0.15, 0.2) is 40.2 Å². The van der Waals surface area contributed by atoms with Crippen molar-refractivity contribution in [2.24, 2.45) is 0 Å². The first-order valence-corrected chi connectivity index (χ1v) is 10.2. The van der Waals surface area contributed by atoms with E-state index in [1.807, 2.05) is 29.6 Å². The van der Waals surface area contributed by atoms with E-state index in [-0.39, 0.29) is 18.3 Å². The Hall–Kier alpha value is -3.20. The first-order chi connectivity index (χ1) is 14.1. The van der Waals surface area contributed by atoms with Gasteiger partial charge in [0.15, 0.2) is 0 Å². The van der Waals surface area contributed by atoms with E-state index in [1.165, 1.54) is 0 Å². The average molecular weight is 410 g/mol. The largest absolute Gasteiger partial charge is 0.497 e. The summed E-state index contributed by atoms with van der Waals surface area (Å²) < 4.78 is 10.5. The van der Waals surface area contributed by atoms with Crippen molar-refractivity contribution in [2.45, 2.75) is 31.3 Å². The summed E-state index contributed by atoms with van der Waals surface area (Å²) in [5.41, 5.74) is 0.667. The summed E-state index contributed by atoms with van der Waals surface area (Å²) in [4.78, 5) is 32.6. The maximum absolute atomic E-state index is 13.3. The van der Waals surface area contributed by atoms with Gasteiger partial charge in [-0.25, -0.2) is 4.79 Å². The first-order valence-electron chi connectivity index (χ1n) is 9.29. The summed E-state index contributed by atoms with van der Waals surface area (Å²) in [5.74, 6) is 0.986. The third-order valence-corrected chi connectivity index (χ3v) is 6.41. The minimum Gasteiger partial charge on any atom is -0.497 e. The summed E-state index contributed by atoms with van der Waals surface area (Å²) in [5, 5.41) is 8.87. The molecule has 29 heavy (non-hydrogen) atoms. The van der Waals surface area contributed by atoms with Gasteiger partial charge in [0.2, 0.25) is 11.7 Å². The van der Waals surface area contributed by atoms with Crippen molar-refractivity contribution in [2.75, 3.05) is 7.11 Å². The van der Waals surface area contributed by atoms with E-state index in [2.05, 4.69) is 15.5 Å². The SMILES string of the molecule is COc1cccc(-c2noc(CN3C(=O)N[C@]4(CCCc5sccc54)C3=O)n2)c1. The van der Waals surface area contributed by atoms with Crippen LogP contribution in [0, 0.1) is 0 Å². The Morgan fingerprint density at radius 3 is 3.10 bits per heavy atom. The number of methoxy groups -OCH3 is 1. The topological polar surface area (TPSA) is 97.6 Å². The molecule has 0 bridgehead atoms. The van der Waals surface area contributed by atoms with E-state index in [0.29, 0.717) is 18.0 Å². The van der Waals surface area contributed by atoms with Gasteiger partial charge in [-0.15, -0.1) is 11.3 Å². The number of hydrogen-bond acceptors (Lipinski definition) is 7. The second-order valence-corrected chi connectivity index (χ2v) is 8.08. The molecular weight excluding hydrogens is 392 g/mol. The molecular formula is C20H18N4O4S. The number of fused-ring (bicyclic) bond motifs is 2. The number of ether oxygens (including phenoxy) is 1. The van der Waals surface area contributed by atoms with E-state index < -0.39 is 11.6 Å². The van der Waals surface area contributed by atoms with Crippen LogP contribution in [0.3, 0.4) is 0 Å². The first kappa shape index (κ1) is 17.9. The number of thiophene rings is 1. The van der Waals surface area contributed by atoms with E-state index in [9.17, 15) is 9.59 Å². The van der Waals surface area contributed by atoms with Crippen LogP contribution in [-0.4, -0.2) is 34.1 Å². The van der Waals surface area contributed by atoms with Crippen LogP contribution in [0.25, 0.3) is 11.4 Å². The van der Waals surface area contributed by atoms with E-state index in [4.69, 9.17) is 9.26 Å². The molecule has 1 aromatic carbocycles. The lowest BCUT2D eigenvalue weighted by Crippen LogP contribution is -2.46. The Labute approximate surface area is 170 Å². The predicted molar refractivity (Wildman–Crippen MR) is 104 cm³/mol. The van der Waals surface area contributed by atoms with Gasteiger partial charge < -0.3 is 14.6 Å². The highest BCUT2D eigenvalue weighted by molar-refractivity contribution is 7.10. The van der Waals surface area contributed by atoms with Gasteiger partial charge in [0.1, 0.15) is 17.8 Å². The Kier molecular flexibility index (Phi) is 4.13. The highest BCUT2D eigenvalue weighted by atomic mass is 32.1. The number of hydrogen-bond donors (Lipinski definition) is 1. The molecule has 1 fully saturated rings. The number of nitrogens with zero attached hydrogens (tertiary/aromatic N) is 3. The molecule has 0 saturated carbocycles. The van der Waals surface area contributed by atoms with Crippen molar-refractivity contribution in [3.8, 4) is 17.1 Å². The number of aromatic nitrogens is 2. The summed E-state index contributed by atoms with van der Waals surface area (Å²) in [6, 6.07) is 8.77. The van der Waals surface area contributed by atoms with Crippen LogP contribution in [0.1, 0.15) is 29.2 Å². The normalized spacial score (nSPS) is 20.8. The number of carbonyl (C=O) groups excluding carboxylic acids is 2. The van der Waals surface area contributed by atoms with Crippen LogP contribution < -0.4 is 10.1 Å². The predicted octanol–water partition coefficient (Wildman–Crippen LogP) is 3.09. The van der Waals surface area contributed by atoms with Crippen LogP contribution in [0.2, 0.25) is 0 Å². The third-order valence-electron chi connectivity index (χ3n) is 5.43. The standard InChI is InChI=1S/C20H18N4O4S/c1-27-13-5-2-4-12(10-13)17-21-16(28-23-17)11-24-18(25)20(22-19(24)26)8-3-6-15-14(20)7-9-29-15/h2,4-5,7,9-10H,3,6,8,11H2,1H3,(H,22,26)/t20-/m0/s1. The molecule has 1 N–H and O–H groups in total. The minimum absolute atomic E-state index is 0.0666. The molecule has 3 heterocycles.